The van der Waals surface area contributed by atoms with Crippen molar-refractivity contribution in [1.29, 1.82) is 0 Å². The van der Waals surface area contributed by atoms with Crippen LogP contribution in [0.5, 0.6) is 0 Å². The number of hydrogen-bond donors (Lipinski definition) is 0. The van der Waals surface area contributed by atoms with Gasteiger partial charge in [-0.05, 0) is 31.4 Å². The van der Waals surface area contributed by atoms with Gasteiger partial charge in [-0.25, -0.2) is 8.42 Å². The predicted molar refractivity (Wildman–Crippen MR) is 68.1 cm³/mol. The van der Waals surface area contributed by atoms with Crippen molar-refractivity contribution >= 4 is 10.0 Å². The first-order chi connectivity index (χ1) is 8.07. The Kier molecular flexibility index (Phi) is 3.35. The first kappa shape index (κ1) is 12.3. The van der Waals surface area contributed by atoms with Gasteiger partial charge >= 0.3 is 0 Å². The zero-order chi connectivity index (χ0) is 12.5. The molecular formula is C13H17NO2S. The van der Waals surface area contributed by atoms with Crippen molar-refractivity contribution < 1.29 is 8.42 Å². The quantitative estimate of drug-likeness (QED) is 0.773. The summed E-state index contributed by atoms with van der Waals surface area (Å²) >= 11 is 0. The van der Waals surface area contributed by atoms with Crippen molar-refractivity contribution in [1.82, 2.24) is 4.31 Å². The van der Waals surface area contributed by atoms with Crippen LogP contribution in [0.3, 0.4) is 0 Å². The zero-order valence-electron chi connectivity index (χ0n) is 9.91. The Morgan fingerprint density at radius 2 is 2.00 bits per heavy atom. The molecule has 2 atom stereocenters. The molecule has 1 aliphatic rings. The van der Waals surface area contributed by atoms with E-state index in [1.165, 1.54) is 0 Å². The number of rotatable bonds is 3. The molecule has 0 spiro atoms. The molecule has 0 amide bonds. The zero-order valence-corrected chi connectivity index (χ0v) is 10.7. The Hall–Kier alpha value is -1.13. The second kappa shape index (κ2) is 4.63. The molecule has 17 heavy (non-hydrogen) atoms. The van der Waals surface area contributed by atoms with Crippen LogP contribution in [0.15, 0.2) is 47.9 Å². The van der Waals surface area contributed by atoms with Crippen molar-refractivity contribution in [3.63, 3.8) is 0 Å². The highest BCUT2D eigenvalue weighted by molar-refractivity contribution is 7.89. The highest BCUT2D eigenvalue weighted by Crippen LogP contribution is 2.30. The van der Waals surface area contributed by atoms with Gasteiger partial charge in [-0.2, -0.15) is 4.31 Å². The largest absolute Gasteiger partial charge is 0.243 e. The van der Waals surface area contributed by atoms with E-state index in [1.54, 1.807) is 28.6 Å². The molecule has 0 bridgehead atoms. The Balaban J connectivity index is 2.32. The minimum absolute atomic E-state index is 0.00212. The average Bonchev–Trinajstić information content (AvgIpc) is 2.72. The topological polar surface area (TPSA) is 37.4 Å². The Bertz CT molecular complexity index is 495. The molecule has 0 aromatic heterocycles. The lowest BCUT2D eigenvalue weighted by Gasteiger charge is -2.22. The summed E-state index contributed by atoms with van der Waals surface area (Å²) in [5, 5.41) is 0. The third-order valence-electron chi connectivity index (χ3n) is 3.41. The van der Waals surface area contributed by atoms with E-state index in [1.807, 2.05) is 19.1 Å². The lowest BCUT2D eigenvalue weighted by Crippen LogP contribution is -2.35. The van der Waals surface area contributed by atoms with Crippen molar-refractivity contribution in [2.75, 3.05) is 6.54 Å². The summed E-state index contributed by atoms with van der Waals surface area (Å²) in [6, 6.07) is 8.60. The van der Waals surface area contributed by atoms with Crippen LogP contribution >= 0.6 is 0 Å². The fourth-order valence-corrected chi connectivity index (χ4v) is 4.03. The van der Waals surface area contributed by atoms with Gasteiger partial charge < -0.3 is 0 Å². The molecule has 1 aromatic rings. The van der Waals surface area contributed by atoms with Gasteiger partial charge in [0.1, 0.15) is 0 Å². The molecule has 0 N–H and O–H groups in total. The molecule has 0 radical (unpaired) electrons. The SMILES string of the molecule is C=CC1CCN(S(=O)(=O)c2ccccc2)C1C. The highest BCUT2D eigenvalue weighted by atomic mass is 32.2. The van der Waals surface area contributed by atoms with Crippen LogP contribution in [-0.2, 0) is 10.0 Å². The number of sulfonamides is 1. The van der Waals surface area contributed by atoms with Crippen molar-refractivity contribution in [3.8, 4) is 0 Å². The van der Waals surface area contributed by atoms with Gasteiger partial charge in [0.15, 0.2) is 0 Å². The molecule has 1 saturated heterocycles. The van der Waals surface area contributed by atoms with Gasteiger partial charge in [0.2, 0.25) is 10.0 Å². The fraction of sp³-hybridized carbons (Fsp3) is 0.385. The van der Waals surface area contributed by atoms with Crippen LogP contribution < -0.4 is 0 Å². The first-order valence-corrected chi connectivity index (χ1v) is 7.21. The average molecular weight is 251 g/mol. The van der Waals surface area contributed by atoms with E-state index >= 15 is 0 Å². The smallest absolute Gasteiger partial charge is 0.207 e. The minimum Gasteiger partial charge on any atom is -0.207 e. The Morgan fingerprint density at radius 3 is 2.53 bits per heavy atom. The third kappa shape index (κ3) is 2.15. The summed E-state index contributed by atoms with van der Waals surface area (Å²) in [6.45, 7) is 6.28. The summed E-state index contributed by atoms with van der Waals surface area (Å²) in [7, 11) is -3.35. The van der Waals surface area contributed by atoms with E-state index in [4.69, 9.17) is 0 Å². The molecule has 0 aliphatic carbocycles. The van der Waals surface area contributed by atoms with Gasteiger partial charge in [-0.1, -0.05) is 24.3 Å². The maximum absolute atomic E-state index is 12.4. The van der Waals surface area contributed by atoms with Gasteiger partial charge in [0.25, 0.3) is 0 Å². The Morgan fingerprint density at radius 1 is 1.35 bits per heavy atom. The van der Waals surface area contributed by atoms with E-state index in [9.17, 15) is 8.42 Å². The van der Waals surface area contributed by atoms with Crippen molar-refractivity contribution in [2.45, 2.75) is 24.3 Å². The molecule has 1 heterocycles. The van der Waals surface area contributed by atoms with Crippen LogP contribution in [0.1, 0.15) is 13.3 Å². The molecule has 1 fully saturated rings. The Labute approximate surface area is 103 Å². The van der Waals surface area contributed by atoms with Crippen LogP contribution in [0.2, 0.25) is 0 Å². The van der Waals surface area contributed by atoms with Gasteiger partial charge in [-0.15, -0.1) is 6.58 Å². The van der Waals surface area contributed by atoms with Gasteiger partial charge in [-0.3, -0.25) is 0 Å². The number of nitrogens with zero attached hydrogens (tertiary/aromatic N) is 1. The van der Waals surface area contributed by atoms with Crippen molar-refractivity contribution in [3.05, 3.63) is 43.0 Å². The summed E-state index contributed by atoms with van der Waals surface area (Å²) in [4.78, 5) is 0.372. The summed E-state index contributed by atoms with van der Waals surface area (Å²) < 4.78 is 26.4. The molecule has 3 nitrogen and oxygen atoms in total. The molecule has 92 valence electrons. The molecule has 1 aromatic carbocycles. The summed E-state index contributed by atoms with van der Waals surface area (Å²) in [5.74, 6) is 0.258. The maximum Gasteiger partial charge on any atom is 0.243 e. The van der Waals surface area contributed by atoms with E-state index in [0.717, 1.165) is 6.42 Å². The maximum atomic E-state index is 12.4. The van der Waals surface area contributed by atoms with E-state index in [-0.39, 0.29) is 12.0 Å². The normalized spacial score (nSPS) is 25.9. The van der Waals surface area contributed by atoms with E-state index < -0.39 is 10.0 Å². The first-order valence-electron chi connectivity index (χ1n) is 5.77. The molecule has 1 aliphatic heterocycles. The second-order valence-electron chi connectivity index (χ2n) is 4.36. The lowest BCUT2D eigenvalue weighted by molar-refractivity contribution is 0.385. The lowest BCUT2D eigenvalue weighted by atomic mass is 10.0. The van der Waals surface area contributed by atoms with E-state index in [0.29, 0.717) is 11.4 Å². The highest BCUT2D eigenvalue weighted by Gasteiger charge is 2.37. The molecule has 2 rings (SSSR count). The summed E-state index contributed by atoms with van der Waals surface area (Å²) in [6.07, 6.45) is 2.71. The minimum atomic E-state index is -3.35. The van der Waals surface area contributed by atoms with Crippen molar-refractivity contribution in [2.24, 2.45) is 5.92 Å². The monoisotopic (exact) mass is 251 g/mol. The summed E-state index contributed by atoms with van der Waals surface area (Å²) in [5.41, 5.74) is 0. The second-order valence-corrected chi connectivity index (χ2v) is 6.25. The standard InChI is InChI=1S/C13H17NO2S/c1-3-12-9-10-14(11(12)2)17(15,16)13-7-5-4-6-8-13/h3-8,11-12H,1,9-10H2,2H3. The van der Waals surface area contributed by atoms with Crippen LogP contribution in [0.4, 0.5) is 0 Å². The molecule has 0 saturated carbocycles. The third-order valence-corrected chi connectivity index (χ3v) is 5.41. The predicted octanol–water partition coefficient (Wildman–Crippen LogP) is 2.27. The molecular weight excluding hydrogens is 234 g/mol. The van der Waals surface area contributed by atoms with Gasteiger partial charge in [0.05, 0.1) is 4.90 Å². The van der Waals surface area contributed by atoms with Gasteiger partial charge in [0, 0.05) is 12.6 Å². The van der Waals surface area contributed by atoms with Crippen LogP contribution in [0, 0.1) is 5.92 Å². The number of benzene rings is 1. The molecule has 4 heteroatoms. The fourth-order valence-electron chi connectivity index (χ4n) is 2.32. The molecule has 2 unspecified atom stereocenters. The van der Waals surface area contributed by atoms with Crippen LogP contribution in [-0.4, -0.2) is 25.3 Å². The van der Waals surface area contributed by atoms with Crippen LogP contribution in [0.25, 0.3) is 0 Å². The number of hydrogen-bond acceptors (Lipinski definition) is 2. The van der Waals surface area contributed by atoms with E-state index in [2.05, 4.69) is 6.58 Å².